The fraction of sp³-hybridized carbons (Fsp3) is 0.545. The van der Waals surface area contributed by atoms with Crippen LogP contribution in [0, 0.1) is 11.8 Å². The molecule has 1 aromatic rings. The van der Waals surface area contributed by atoms with Crippen LogP contribution in [-0.2, 0) is 25.7 Å². The van der Waals surface area contributed by atoms with Gasteiger partial charge in [0.15, 0.2) is 5.78 Å². The first-order valence-electron chi connectivity index (χ1n) is 10.2. The molecular formula is C22H30N2O5. The molecule has 0 aliphatic carbocycles. The smallest absolute Gasteiger partial charge is 0.408 e. The van der Waals surface area contributed by atoms with Gasteiger partial charge in [-0.25, -0.2) is 4.79 Å². The van der Waals surface area contributed by atoms with Crippen LogP contribution in [0.1, 0.15) is 51.5 Å². The molecule has 0 radical (unpaired) electrons. The third-order valence-electron chi connectivity index (χ3n) is 4.91. The lowest BCUT2D eigenvalue weighted by molar-refractivity contribution is -0.141. The SMILES string of the molecule is CC(C)CC(NC(=O)OCc1ccccc1)C(=O)CC1CCCCNC(=O)C1=O. The molecule has 7 nitrogen and oxygen atoms in total. The van der Waals surface area contributed by atoms with Gasteiger partial charge in [-0.05, 0) is 30.7 Å². The van der Waals surface area contributed by atoms with Gasteiger partial charge in [-0.3, -0.25) is 14.4 Å². The van der Waals surface area contributed by atoms with Crippen LogP contribution in [0.25, 0.3) is 0 Å². The minimum absolute atomic E-state index is 0.0530. The second kappa shape index (κ2) is 11.3. The number of ketones is 2. The summed E-state index contributed by atoms with van der Waals surface area (Å²) in [5.74, 6) is -1.90. The molecule has 0 bridgehead atoms. The maximum Gasteiger partial charge on any atom is 0.408 e. The summed E-state index contributed by atoms with van der Waals surface area (Å²) in [7, 11) is 0. The number of nitrogens with one attached hydrogen (secondary N) is 2. The average molecular weight is 402 g/mol. The van der Waals surface area contributed by atoms with E-state index in [0.29, 0.717) is 19.4 Å². The van der Waals surface area contributed by atoms with Gasteiger partial charge < -0.3 is 15.4 Å². The number of ether oxygens (including phenoxy) is 1. The van der Waals surface area contributed by atoms with Crippen LogP contribution in [0.2, 0.25) is 0 Å². The van der Waals surface area contributed by atoms with Gasteiger partial charge >= 0.3 is 6.09 Å². The minimum Gasteiger partial charge on any atom is -0.445 e. The predicted octanol–water partition coefficient (Wildman–Crippen LogP) is 2.77. The van der Waals surface area contributed by atoms with Crippen molar-refractivity contribution in [1.29, 1.82) is 0 Å². The molecule has 7 heteroatoms. The molecule has 1 fully saturated rings. The number of carbonyl (C=O) groups excluding carboxylic acids is 4. The molecule has 0 spiro atoms. The maximum absolute atomic E-state index is 12.9. The monoisotopic (exact) mass is 402 g/mol. The van der Waals surface area contributed by atoms with Crippen molar-refractivity contribution < 1.29 is 23.9 Å². The molecule has 0 saturated carbocycles. The van der Waals surface area contributed by atoms with Gasteiger partial charge in [0.05, 0.1) is 6.04 Å². The first-order chi connectivity index (χ1) is 13.9. The number of amides is 2. The van der Waals surface area contributed by atoms with E-state index >= 15 is 0 Å². The van der Waals surface area contributed by atoms with Crippen molar-refractivity contribution in [3.05, 3.63) is 35.9 Å². The summed E-state index contributed by atoms with van der Waals surface area (Å²) in [6.07, 6.45) is 1.77. The van der Waals surface area contributed by atoms with Crippen molar-refractivity contribution in [3.8, 4) is 0 Å². The third kappa shape index (κ3) is 7.68. The van der Waals surface area contributed by atoms with Crippen LogP contribution in [0.3, 0.4) is 0 Å². The van der Waals surface area contributed by atoms with E-state index in [1.165, 1.54) is 0 Å². The van der Waals surface area contributed by atoms with E-state index in [-0.39, 0.29) is 24.7 Å². The van der Waals surface area contributed by atoms with E-state index in [2.05, 4.69) is 10.6 Å². The fourth-order valence-corrected chi connectivity index (χ4v) is 3.35. The highest BCUT2D eigenvalue weighted by molar-refractivity contribution is 6.37. The number of rotatable bonds is 8. The number of carbonyl (C=O) groups is 4. The number of alkyl carbamates (subject to hydrolysis) is 1. The van der Waals surface area contributed by atoms with Gasteiger partial charge in [0.25, 0.3) is 5.91 Å². The lowest BCUT2D eigenvalue weighted by Gasteiger charge is -2.23. The molecule has 1 saturated heterocycles. The minimum atomic E-state index is -0.750. The van der Waals surface area contributed by atoms with Crippen LogP contribution in [0.15, 0.2) is 30.3 Å². The first-order valence-corrected chi connectivity index (χ1v) is 10.2. The Morgan fingerprint density at radius 2 is 1.90 bits per heavy atom. The van der Waals surface area contributed by atoms with Crippen molar-refractivity contribution in [3.63, 3.8) is 0 Å². The Labute approximate surface area is 171 Å². The van der Waals surface area contributed by atoms with Gasteiger partial charge in [-0.15, -0.1) is 0 Å². The van der Waals surface area contributed by atoms with Crippen molar-refractivity contribution in [1.82, 2.24) is 10.6 Å². The normalized spacial score (nSPS) is 18.4. The van der Waals surface area contributed by atoms with E-state index in [4.69, 9.17) is 4.74 Å². The molecule has 2 amide bonds. The molecule has 1 aromatic carbocycles. The Morgan fingerprint density at radius 1 is 1.17 bits per heavy atom. The largest absolute Gasteiger partial charge is 0.445 e. The highest BCUT2D eigenvalue weighted by Gasteiger charge is 2.31. The molecule has 2 rings (SSSR count). The Bertz CT molecular complexity index is 717. The number of Topliss-reactive ketones (excluding diaryl/α,β-unsaturated/α-hetero) is 2. The first kappa shape index (κ1) is 22.6. The van der Waals surface area contributed by atoms with Gasteiger partial charge in [0.1, 0.15) is 6.61 Å². The topological polar surface area (TPSA) is 102 Å². The highest BCUT2D eigenvalue weighted by Crippen LogP contribution is 2.19. The lowest BCUT2D eigenvalue weighted by atomic mass is 9.87. The fourth-order valence-electron chi connectivity index (χ4n) is 3.35. The molecule has 0 aromatic heterocycles. The molecule has 1 heterocycles. The summed E-state index contributed by atoms with van der Waals surface area (Å²) in [6, 6.07) is 8.51. The molecule has 1 aliphatic rings. The lowest BCUT2D eigenvalue weighted by Crippen LogP contribution is -2.44. The summed E-state index contributed by atoms with van der Waals surface area (Å²) in [5.41, 5.74) is 0.848. The number of hydrogen-bond donors (Lipinski definition) is 2. The van der Waals surface area contributed by atoms with Crippen molar-refractivity contribution in [2.75, 3.05) is 6.54 Å². The van der Waals surface area contributed by atoms with E-state index < -0.39 is 29.7 Å². The summed E-state index contributed by atoms with van der Waals surface area (Å²) in [4.78, 5) is 49.2. The third-order valence-corrected chi connectivity index (χ3v) is 4.91. The molecule has 2 atom stereocenters. The van der Waals surface area contributed by atoms with Gasteiger partial charge in [0, 0.05) is 18.9 Å². The van der Waals surface area contributed by atoms with E-state index in [9.17, 15) is 19.2 Å². The van der Waals surface area contributed by atoms with E-state index in [1.807, 2.05) is 44.2 Å². The van der Waals surface area contributed by atoms with Gasteiger partial charge in [-0.1, -0.05) is 50.6 Å². The zero-order chi connectivity index (χ0) is 21.2. The van der Waals surface area contributed by atoms with Crippen LogP contribution < -0.4 is 10.6 Å². The van der Waals surface area contributed by atoms with Crippen LogP contribution >= 0.6 is 0 Å². The second-order valence-electron chi connectivity index (χ2n) is 7.87. The summed E-state index contributed by atoms with van der Waals surface area (Å²) < 4.78 is 5.22. The van der Waals surface area contributed by atoms with Crippen molar-refractivity contribution in [2.24, 2.45) is 11.8 Å². The predicted molar refractivity (Wildman–Crippen MR) is 108 cm³/mol. The molecule has 158 valence electrons. The summed E-state index contributed by atoms with van der Waals surface area (Å²) >= 11 is 0. The Balaban J connectivity index is 1.96. The Hall–Kier alpha value is -2.70. The van der Waals surface area contributed by atoms with Crippen LogP contribution in [0.5, 0.6) is 0 Å². The van der Waals surface area contributed by atoms with Crippen LogP contribution in [-0.4, -0.2) is 36.2 Å². The van der Waals surface area contributed by atoms with E-state index in [0.717, 1.165) is 18.4 Å². The number of hydrogen-bond acceptors (Lipinski definition) is 5. The van der Waals surface area contributed by atoms with Gasteiger partial charge in [0.2, 0.25) is 5.78 Å². The van der Waals surface area contributed by atoms with Crippen LogP contribution in [0.4, 0.5) is 4.79 Å². The van der Waals surface area contributed by atoms with Crippen molar-refractivity contribution in [2.45, 2.75) is 58.6 Å². The Kier molecular flexibility index (Phi) is 8.83. The highest BCUT2D eigenvalue weighted by atomic mass is 16.5. The summed E-state index contributed by atoms with van der Waals surface area (Å²) in [5, 5.41) is 5.21. The zero-order valence-electron chi connectivity index (χ0n) is 17.1. The zero-order valence-corrected chi connectivity index (χ0v) is 17.1. The molecule has 2 unspecified atom stereocenters. The quantitative estimate of drug-likeness (QED) is 0.651. The van der Waals surface area contributed by atoms with Gasteiger partial charge in [-0.2, -0.15) is 0 Å². The standard InChI is InChI=1S/C22H30N2O5/c1-15(2)12-18(24-22(28)29-14-16-8-4-3-5-9-16)19(25)13-17-10-6-7-11-23-21(27)20(17)26/h3-5,8-9,15,17-18H,6-7,10-14H2,1-2H3,(H,23,27)(H,24,28). The maximum atomic E-state index is 12.9. The van der Waals surface area contributed by atoms with E-state index in [1.54, 1.807) is 0 Å². The average Bonchev–Trinajstić information content (AvgIpc) is 2.69. The molecule has 1 aliphatic heterocycles. The summed E-state index contributed by atoms with van der Waals surface area (Å²) in [6.45, 7) is 4.49. The molecule has 29 heavy (non-hydrogen) atoms. The second-order valence-corrected chi connectivity index (χ2v) is 7.87. The van der Waals surface area contributed by atoms with Crippen molar-refractivity contribution >= 4 is 23.6 Å². The number of benzene rings is 1. The molecular weight excluding hydrogens is 372 g/mol. The Morgan fingerprint density at radius 3 is 2.59 bits per heavy atom. The molecule has 2 N–H and O–H groups in total.